The number of hydrogen-bond donors (Lipinski definition) is 1. The van der Waals surface area contributed by atoms with Crippen molar-refractivity contribution in [2.45, 2.75) is 25.2 Å². The number of aliphatic hydroxyl groups is 1. The van der Waals surface area contributed by atoms with E-state index in [-0.39, 0.29) is 11.5 Å². The summed E-state index contributed by atoms with van der Waals surface area (Å²) in [6.07, 6.45) is 0. The maximum absolute atomic E-state index is 11.7. The minimum Gasteiger partial charge on any atom is -0.389 e. The molecule has 0 spiro atoms. The Labute approximate surface area is 90.7 Å². The molecule has 4 heteroatoms. The van der Waals surface area contributed by atoms with Crippen molar-refractivity contribution in [1.29, 1.82) is 0 Å². The molecule has 0 aliphatic carbocycles. The third kappa shape index (κ3) is 4.95. The van der Waals surface area contributed by atoms with Gasteiger partial charge in [0.15, 0.2) is 9.84 Å². The lowest BCUT2D eigenvalue weighted by atomic mass is 10.2. The Morgan fingerprint density at radius 2 is 1.73 bits per heavy atom. The molecule has 3 nitrogen and oxygen atoms in total. The summed E-state index contributed by atoms with van der Waals surface area (Å²) in [5, 5.41) is 9.45. The van der Waals surface area contributed by atoms with Gasteiger partial charge in [-0.25, -0.2) is 8.42 Å². The molecular formula is C11H16O3S. The first-order chi connectivity index (χ1) is 6.79. The summed E-state index contributed by atoms with van der Waals surface area (Å²) in [6.45, 7) is 2.99. The summed E-state index contributed by atoms with van der Waals surface area (Å²) in [5.74, 6) is -0.229. The lowest BCUT2D eigenvalue weighted by Gasteiger charge is -2.16. The molecule has 0 radical (unpaired) electrons. The largest absolute Gasteiger partial charge is 0.389 e. The molecule has 1 N–H and O–H groups in total. The van der Waals surface area contributed by atoms with Gasteiger partial charge in [0.2, 0.25) is 0 Å². The number of hydrogen-bond acceptors (Lipinski definition) is 3. The van der Waals surface area contributed by atoms with Crippen LogP contribution in [-0.4, -0.2) is 24.9 Å². The van der Waals surface area contributed by atoms with Crippen LogP contribution in [0.1, 0.15) is 19.4 Å². The standard InChI is InChI=1S/C11H16O3S/c1-11(2,12)9-15(13,14)8-10-6-4-3-5-7-10/h3-7,12H,8-9H2,1-2H3. The minimum absolute atomic E-state index is 0.0160. The van der Waals surface area contributed by atoms with Crippen molar-refractivity contribution in [2.24, 2.45) is 0 Å². The minimum atomic E-state index is -3.24. The first-order valence-electron chi connectivity index (χ1n) is 4.75. The van der Waals surface area contributed by atoms with Gasteiger partial charge < -0.3 is 5.11 Å². The molecule has 0 bridgehead atoms. The first-order valence-corrected chi connectivity index (χ1v) is 6.57. The number of sulfone groups is 1. The summed E-state index contributed by atoms with van der Waals surface area (Å²) in [5.41, 5.74) is -0.421. The van der Waals surface area contributed by atoms with E-state index in [9.17, 15) is 13.5 Å². The molecule has 0 saturated heterocycles. The zero-order valence-corrected chi connectivity index (χ0v) is 9.79. The Morgan fingerprint density at radius 3 is 2.20 bits per heavy atom. The molecule has 0 aromatic heterocycles. The van der Waals surface area contributed by atoms with E-state index in [1.165, 1.54) is 13.8 Å². The lowest BCUT2D eigenvalue weighted by Crippen LogP contribution is -2.30. The number of benzene rings is 1. The van der Waals surface area contributed by atoms with Crippen LogP contribution in [0.5, 0.6) is 0 Å². The molecule has 0 aliphatic rings. The van der Waals surface area contributed by atoms with Crippen LogP contribution in [0.2, 0.25) is 0 Å². The van der Waals surface area contributed by atoms with Crippen molar-refractivity contribution in [2.75, 3.05) is 5.75 Å². The highest BCUT2D eigenvalue weighted by atomic mass is 32.2. The molecule has 0 atom stereocenters. The Balaban J connectivity index is 2.74. The van der Waals surface area contributed by atoms with Crippen molar-refractivity contribution >= 4 is 9.84 Å². The van der Waals surface area contributed by atoms with Gasteiger partial charge in [-0.05, 0) is 19.4 Å². The van der Waals surface area contributed by atoms with Crippen molar-refractivity contribution in [3.63, 3.8) is 0 Å². The first kappa shape index (κ1) is 12.2. The van der Waals surface area contributed by atoms with Gasteiger partial charge in [0.05, 0.1) is 17.1 Å². The van der Waals surface area contributed by atoms with E-state index in [1.54, 1.807) is 24.3 Å². The molecule has 0 aliphatic heterocycles. The van der Waals surface area contributed by atoms with Crippen LogP contribution in [0.25, 0.3) is 0 Å². The molecule has 1 aromatic carbocycles. The Kier molecular flexibility index (Phi) is 3.52. The van der Waals surface area contributed by atoms with Gasteiger partial charge in [0, 0.05) is 0 Å². The topological polar surface area (TPSA) is 54.4 Å². The lowest BCUT2D eigenvalue weighted by molar-refractivity contribution is 0.105. The van der Waals surface area contributed by atoms with Crippen LogP contribution in [0, 0.1) is 0 Å². The molecule has 0 unspecified atom stereocenters. The van der Waals surface area contributed by atoms with Crippen LogP contribution in [-0.2, 0) is 15.6 Å². The maximum Gasteiger partial charge on any atom is 0.157 e. The van der Waals surface area contributed by atoms with E-state index < -0.39 is 15.4 Å². The Bertz CT molecular complexity index is 401. The van der Waals surface area contributed by atoms with Crippen LogP contribution >= 0.6 is 0 Å². The van der Waals surface area contributed by atoms with E-state index in [4.69, 9.17) is 0 Å². The van der Waals surface area contributed by atoms with E-state index >= 15 is 0 Å². The third-order valence-electron chi connectivity index (χ3n) is 1.80. The second kappa shape index (κ2) is 4.33. The molecule has 1 rings (SSSR count). The number of rotatable bonds is 4. The highest BCUT2D eigenvalue weighted by molar-refractivity contribution is 7.90. The molecule has 0 amide bonds. The van der Waals surface area contributed by atoms with Crippen molar-refractivity contribution < 1.29 is 13.5 Å². The van der Waals surface area contributed by atoms with Crippen molar-refractivity contribution in [3.8, 4) is 0 Å². The molecule has 0 saturated carbocycles. The molecule has 15 heavy (non-hydrogen) atoms. The molecule has 0 fully saturated rings. The van der Waals surface area contributed by atoms with Gasteiger partial charge in [0.25, 0.3) is 0 Å². The maximum atomic E-state index is 11.7. The second-order valence-corrected chi connectivity index (χ2v) is 6.39. The van der Waals surface area contributed by atoms with Crippen LogP contribution in [0.15, 0.2) is 30.3 Å². The zero-order chi connectivity index (χ0) is 11.5. The van der Waals surface area contributed by atoms with E-state index in [0.717, 1.165) is 5.56 Å². The predicted molar refractivity (Wildman–Crippen MR) is 60.2 cm³/mol. The Morgan fingerprint density at radius 1 is 1.20 bits per heavy atom. The van der Waals surface area contributed by atoms with Gasteiger partial charge in [-0.15, -0.1) is 0 Å². The van der Waals surface area contributed by atoms with E-state index in [2.05, 4.69) is 0 Å². The van der Waals surface area contributed by atoms with Crippen molar-refractivity contribution in [3.05, 3.63) is 35.9 Å². The molecule has 84 valence electrons. The smallest absolute Gasteiger partial charge is 0.157 e. The fraction of sp³-hybridized carbons (Fsp3) is 0.455. The van der Waals surface area contributed by atoms with E-state index in [1.807, 2.05) is 6.07 Å². The molecule has 0 heterocycles. The SMILES string of the molecule is CC(C)(O)CS(=O)(=O)Cc1ccccc1. The van der Waals surface area contributed by atoms with Gasteiger partial charge in [-0.2, -0.15) is 0 Å². The highest BCUT2D eigenvalue weighted by Crippen LogP contribution is 2.12. The predicted octanol–water partition coefficient (Wildman–Crippen LogP) is 1.37. The fourth-order valence-corrected chi connectivity index (χ4v) is 3.30. The normalized spacial score (nSPS) is 12.7. The summed E-state index contributed by atoms with van der Waals surface area (Å²) in [6, 6.07) is 8.97. The van der Waals surface area contributed by atoms with Crippen LogP contribution in [0.4, 0.5) is 0 Å². The monoisotopic (exact) mass is 228 g/mol. The van der Waals surface area contributed by atoms with Crippen LogP contribution < -0.4 is 0 Å². The summed E-state index contributed by atoms with van der Waals surface area (Å²) in [7, 11) is -3.24. The zero-order valence-electron chi connectivity index (χ0n) is 8.97. The van der Waals surface area contributed by atoms with E-state index in [0.29, 0.717) is 0 Å². The van der Waals surface area contributed by atoms with Gasteiger partial charge in [0.1, 0.15) is 0 Å². The second-order valence-electron chi connectivity index (χ2n) is 4.33. The van der Waals surface area contributed by atoms with Gasteiger partial charge in [-0.3, -0.25) is 0 Å². The molecular weight excluding hydrogens is 212 g/mol. The third-order valence-corrected chi connectivity index (χ3v) is 3.72. The van der Waals surface area contributed by atoms with Gasteiger partial charge in [-0.1, -0.05) is 30.3 Å². The quantitative estimate of drug-likeness (QED) is 0.847. The fourth-order valence-electron chi connectivity index (χ4n) is 1.42. The summed E-state index contributed by atoms with van der Waals surface area (Å²) in [4.78, 5) is 0. The average molecular weight is 228 g/mol. The summed E-state index contributed by atoms with van der Waals surface area (Å²) < 4.78 is 23.3. The Hall–Kier alpha value is -0.870. The summed E-state index contributed by atoms with van der Waals surface area (Å²) >= 11 is 0. The molecule has 1 aromatic rings. The van der Waals surface area contributed by atoms with Gasteiger partial charge >= 0.3 is 0 Å². The highest BCUT2D eigenvalue weighted by Gasteiger charge is 2.23. The van der Waals surface area contributed by atoms with Crippen molar-refractivity contribution in [1.82, 2.24) is 0 Å². The van der Waals surface area contributed by atoms with Crippen LogP contribution in [0.3, 0.4) is 0 Å². The average Bonchev–Trinajstić information content (AvgIpc) is 1.99.